The zero-order valence-corrected chi connectivity index (χ0v) is 17.0. The number of fused-ring (bicyclic) bond motifs is 2. The summed E-state index contributed by atoms with van der Waals surface area (Å²) in [5.41, 5.74) is 12.1. The Bertz CT molecular complexity index is 1060. The molecule has 0 bridgehead atoms. The van der Waals surface area contributed by atoms with Crippen LogP contribution in [0.2, 0.25) is 0 Å². The van der Waals surface area contributed by atoms with Gasteiger partial charge in [0.15, 0.2) is 5.11 Å². The first-order valence-corrected chi connectivity index (χ1v) is 10.1. The summed E-state index contributed by atoms with van der Waals surface area (Å²) in [5, 5.41) is 7.12. The highest BCUT2D eigenvalue weighted by Gasteiger charge is 2.15. The van der Waals surface area contributed by atoms with Gasteiger partial charge in [-0.3, -0.25) is 10.9 Å². The molecule has 0 aliphatic carbocycles. The first-order chi connectivity index (χ1) is 13.6. The highest BCUT2D eigenvalue weighted by Crippen LogP contribution is 2.44. The Kier molecular flexibility index (Phi) is 5.23. The number of aryl methyl sites for hydroxylation is 1. The molecule has 0 amide bonds. The third kappa shape index (κ3) is 4.13. The van der Waals surface area contributed by atoms with Gasteiger partial charge in [-0.05, 0) is 61.1 Å². The van der Waals surface area contributed by atoms with Gasteiger partial charge in [-0.2, -0.15) is 0 Å². The zero-order chi connectivity index (χ0) is 19.5. The molecule has 0 radical (unpaired) electrons. The summed E-state index contributed by atoms with van der Waals surface area (Å²) in [6.45, 7) is 6.16. The maximum atomic E-state index is 5.35. The van der Waals surface area contributed by atoms with Crippen molar-refractivity contribution >= 4 is 51.9 Å². The second kappa shape index (κ2) is 7.96. The van der Waals surface area contributed by atoms with Crippen molar-refractivity contribution in [1.29, 1.82) is 0 Å². The molecule has 0 spiro atoms. The molecule has 140 valence electrons. The molecule has 0 saturated carbocycles. The van der Waals surface area contributed by atoms with Crippen LogP contribution in [0, 0.1) is 6.92 Å². The van der Waals surface area contributed by atoms with Gasteiger partial charge in [0.2, 0.25) is 0 Å². The Morgan fingerprint density at radius 2 is 1.75 bits per heavy atom. The van der Waals surface area contributed by atoms with E-state index < -0.39 is 0 Å². The van der Waals surface area contributed by atoms with Crippen LogP contribution in [0.3, 0.4) is 0 Å². The van der Waals surface area contributed by atoms with Crippen molar-refractivity contribution in [3.8, 4) is 0 Å². The Morgan fingerprint density at radius 1 is 0.929 bits per heavy atom. The van der Waals surface area contributed by atoms with E-state index in [2.05, 4.69) is 64.5 Å². The predicted octanol–water partition coefficient (Wildman–Crippen LogP) is 5.67. The molecule has 0 fully saturated rings. The third-order valence-corrected chi connectivity index (χ3v) is 5.66. The summed E-state index contributed by atoms with van der Waals surface area (Å²) in [6, 6.07) is 22.6. The van der Waals surface area contributed by atoms with Gasteiger partial charge in [0.25, 0.3) is 0 Å². The molecule has 1 heterocycles. The van der Waals surface area contributed by atoms with Gasteiger partial charge in [0, 0.05) is 21.0 Å². The lowest BCUT2D eigenvalue weighted by molar-refractivity contribution is 0.850. The van der Waals surface area contributed by atoms with E-state index in [0.717, 1.165) is 28.3 Å². The lowest BCUT2D eigenvalue weighted by Gasteiger charge is -2.22. The van der Waals surface area contributed by atoms with Crippen molar-refractivity contribution in [3.63, 3.8) is 0 Å². The molecular formula is C22H20N4S2. The van der Waals surface area contributed by atoms with Crippen molar-refractivity contribution < 1.29 is 0 Å². The van der Waals surface area contributed by atoms with Crippen LogP contribution in [0.1, 0.15) is 11.1 Å². The van der Waals surface area contributed by atoms with E-state index >= 15 is 0 Å². The Balaban J connectivity index is 1.39. The molecule has 3 aromatic carbocycles. The van der Waals surface area contributed by atoms with Crippen molar-refractivity contribution in [2.24, 2.45) is 0 Å². The largest absolute Gasteiger partial charge is 0.354 e. The average molecular weight is 405 g/mol. The van der Waals surface area contributed by atoms with E-state index in [-0.39, 0.29) is 0 Å². The molecule has 1 aliphatic heterocycles. The Hall–Kier alpha value is -2.96. The molecule has 0 aromatic heterocycles. The number of anilines is 3. The van der Waals surface area contributed by atoms with Crippen LogP contribution < -0.4 is 21.5 Å². The van der Waals surface area contributed by atoms with Gasteiger partial charge in [0.05, 0.1) is 17.1 Å². The molecule has 1 aliphatic rings. The lowest BCUT2D eigenvalue weighted by atomic mass is 10.1. The number of hydrogen-bond donors (Lipinski definition) is 4. The first kappa shape index (κ1) is 18.4. The Labute approximate surface area is 174 Å². The highest BCUT2D eigenvalue weighted by atomic mass is 32.2. The molecule has 0 atom stereocenters. The second-order valence-corrected chi connectivity index (χ2v) is 7.98. The van der Waals surface area contributed by atoms with E-state index in [9.17, 15) is 0 Å². The normalized spacial score (nSPS) is 11.5. The fourth-order valence-corrected chi connectivity index (χ4v) is 4.05. The topological polar surface area (TPSA) is 48.1 Å². The van der Waals surface area contributed by atoms with Crippen LogP contribution in [0.5, 0.6) is 0 Å². The molecule has 6 heteroatoms. The Morgan fingerprint density at radius 3 is 2.61 bits per heavy atom. The smallest absolute Gasteiger partial charge is 0.189 e. The number of rotatable bonds is 4. The minimum absolute atomic E-state index is 0.479. The molecule has 3 aromatic rings. The van der Waals surface area contributed by atoms with E-state index in [1.54, 1.807) is 11.8 Å². The predicted molar refractivity (Wildman–Crippen MR) is 123 cm³/mol. The van der Waals surface area contributed by atoms with Gasteiger partial charge in [-0.15, -0.1) is 0 Å². The maximum Gasteiger partial charge on any atom is 0.189 e. The molecular weight excluding hydrogens is 384 g/mol. The summed E-state index contributed by atoms with van der Waals surface area (Å²) < 4.78 is 0. The monoisotopic (exact) mass is 404 g/mol. The fourth-order valence-electron chi connectivity index (χ4n) is 2.92. The SMILES string of the molecule is C=C(NNC(=S)Nc1cccc(C)c1)c1ccc2c(c1)Nc1ccccc1S2. The summed E-state index contributed by atoms with van der Waals surface area (Å²) in [6.07, 6.45) is 0. The van der Waals surface area contributed by atoms with E-state index in [4.69, 9.17) is 12.2 Å². The van der Waals surface area contributed by atoms with Crippen LogP contribution in [0.15, 0.2) is 83.1 Å². The van der Waals surface area contributed by atoms with Crippen LogP contribution in [-0.2, 0) is 0 Å². The molecule has 28 heavy (non-hydrogen) atoms. The van der Waals surface area contributed by atoms with E-state index in [0.29, 0.717) is 5.11 Å². The van der Waals surface area contributed by atoms with Gasteiger partial charge in [0.1, 0.15) is 0 Å². The molecule has 0 saturated heterocycles. The minimum Gasteiger partial charge on any atom is -0.354 e. The number of thiocarbonyl (C=S) groups is 1. The number of hydrogen-bond acceptors (Lipinski definition) is 4. The first-order valence-electron chi connectivity index (χ1n) is 8.85. The lowest BCUT2D eigenvalue weighted by Crippen LogP contribution is -2.38. The fraction of sp³-hybridized carbons (Fsp3) is 0.0455. The quantitative estimate of drug-likeness (QED) is 0.260. The highest BCUT2D eigenvalue weighted by molar-refractivity contribution is 7.99. The number of benzene rings is 3. The van der Waals surface area contributed by atoms with Crippen LogP contribution in [0.25, 0.3) is 5.70 Å². The van der Waals surface area contributed by atoms with E-state index in [1.165, 1.54) is 15.4 Å². The average Bonchev–Trinajstić information content (AvgIpc) is 2.70. The van der Waals surface area contributed by atoms with Crippen molar-refractivity contribution in [2.45, 2.75) is 16.7 Å². The number of para-hydroxylation sites is 1. The number of nitrogens with one attached hydrogen (secondary N) is 4. The molecule has 4 N–H and O–H groups in total. The van der Waals surface area contributed by atoms with Gasteiger partial charge >= 0.3 is 0 Å². The van der Waals surface area contributed by atoms with Gasteiger partial charge in [-0.25, -0.2) is 0 Å². The zero-order valence-electron chi connectivity index (χ0n) is 15.4. The third-order valence-electron chi connectivity index (χ3n) is 4.31. The standard InChI is InChI=1S/C22H20N4S2/c1-14-6-5-7-17(12-14)23-22(27)26-25-15(2)16-10-11-21-19(13-16)24-18-8-3-4-9-20(18)28-21/h3-13,24-25H,2H2,1H3,(H2,23,26,27). The number of hydrazine groups is 1. The molecule has 4 nitrogen and oxygen atoms in total. The van der Waals surface area contributed by atoms with Crippen molar-refractivity contribution in [2.75, 3.05) is 10.6 Å². The van der Waals surface area contributed by atoms with Gasteiger partial charge < -0.3 is 10.6 Å². The minimum atomic E-state index is 0.479. The molecule has 0 unspecified atom stereocenters. The summed E-state index contributed by atoms with van der Waals surface area (Å²) in [7, 11) is 0. The van der Waals surface area contributed by atoms with Gasteiger partial charge in [-0.1, -0.05) is 48.7 Å². The van der Waals surface area contributed by atoms with Crippen molar-refractivity contribution in [1.82, 2.24) is 10.9 Å². The summed E-state index contributed by atoms with van der Waals surface area (Å²) in [4.78, 5) is 2.42. The van der Waals surface area contributed by atoms with Crippen LogP contribution in [-0.4, -0.2) is 5.11 Å². The van der Waals surface area contributed by atoms with Crippen molar-refractivity contribution in [3.05, 3.63) is 84.4 Å². The maximum absolute atomic E-state index is 5.35. The molecule has 4 rings (SSSR count). The van der Waals surface area contributed by atoms with Crippen LogP contribution >= 0.6 is 24.0 Å². The summed E-state index contributed by atoms with van der Waals surface area (Å²) >= 11 is 7.11. The van der Waals surface area contributed by atoms with E-state index in [1.807, 2.05) is 37.3 Å². The second-order valence-electron chi connectivity index (χ2n) is 6.49. The van der Waals surface area contributed by atoms with Crippen LogP contribution in [0.4, 0.5) is 17.1 Å². The summed E-state index contributed by atoms with van der Waals surface area (Å²) in [5.74, 6) is 0.